The number of urea groups is 1. The fraction of sp³-hybridized carbons (Fsp3) is 0.857. The summed E-state index contributed by atoms with van der Waals surface area (Å²) < 4.78 is 10.6. The Morgan fingerprint density at radius 1 is 1.58 bits per heavy atom. The van der Waals surface area contributed by atoms with Crippen LogP contribution >= 0.6 is 0 Å². The minimum atomic E-state index is -0.822. The van der Waals surface area contributed by atoms with Gasteiger partial charge in [0.25, 0.3) is 0 Å². The van der Waals surface area contributed by atoms with Crippen molar-refractivity contribution in [3.05, 3.63) is 0 Å². The molecule has 1 fully saturated rings. The van der Waals surface area contributed by atoms with E-state index in [-0.39, 0.29) is 6.03 Å². The van der Waals surface area contributed by atoms with Crippen LogP contribution in [0.1, 0.15) is 12.8 Å². The maximum Gasteiger partial charge on any atom is 0.315 e. The van der Waals surface area contributed by atoms with Gasteiger partial charge in [0.15, 0.2) is 0 Å². The predicted molar refractivity (Wildman–Crippen MR) is 48.5 cm³/mol. The Bertz CT molecular complexity index is 192. The van der Waals surface area contributed by atoms with Crippen LogP contribution < -0.4 is 10.6 Å². The minimum Gasteiger partial charge on any atom is -0.337 e. The van der Waals surface area contributed by atoms with Crippen molar-refractivity contribution in [2.45, 2.75) is 18.9 Å². The highest BCUT2D eigenvalue weighted by molar-refractivity contribution is 7.84. The second kappa shape index (κ2) is 4.45. The normalized spacial score (nSPS) is 18.4. The van der Waals surface area contributed by atoms with Crippen LogP contribution in [0.15, 0.2) is 0 Å². The lowest BCUT2D eigenvalue weighted by molar-refractivity contribution is 0.241. The van der Waals surface area contributed by atoms with E-state index in [0.717, 1.165) is 12.8 Å². The van der Waals surface area contributed by atoms with Gasteiger partial charge in [0, 0.05) is 35.4 Å². The molecule has 2 N–H and O–H groups in total. The van der Waals surface area contributed by atoms with Gasteiger partial charge in [0.05, 0.1) is 0 Å². The predicted octanol–water partition coefficient (Wildman–Crippen LogP) is -0.174. The Balaban J connectivity index is 1.97. The third-order valence-corrected chi connectivity index (χ3v) is 2.37. The maximum absolute atomic E-state index is 11.0. The molecule has 1 aliphatic rings. The van der Waals surface area contributed by atoms with E-state index in [1.54, 1.807) is 6.26 Å². The van der Waals surface area contributed by atoms with E-state index in [9.17, 15) is 9.00 Å². The van der Waals surface area contributed by atoms with E-state index in [1.165, 1.54) is 0 Å². The molecule has 1 rings (SSSR count). The lowest BCUT2D eigenvalue weighted by Gasteiger charge is -2.04. The van der Waals surface area contributed by atoms with E-state index in [2.05, 4.69) is 10.6 Å². The highest BCUT2D eigenvalue weighted by atomic mass is 32.2. The molecule has 5 heteroatoms. The fourth-order valence-electron chi connectivity index (χ4n) is 0.772. The lowest BCUT2D eigenvalue weighted by atomic mass is 10.6. The molecule has 0 aromatic carbocycles. The van der Waals surface area contributed by atoms with Gasteiger partial charge in [-0.1, -0.05) is 0 Å². The van der Waals surface area contributed by atoms with Crippen LogP contribution in [0.25, 0.3) is 0 Å². The van der Waals surface area contributed by atoms with Crippen molar-refractivity contribution in [2.75, 3.05) is 18.6 Å². The molecule has 12 heavy (non-hydrogen) atoms. The Hall–Kier alpha value is -0.580. The number of amides is 2. The third-order valence-electron chi connectivity index (χ3n) is 1.59. The highest BCUT2D eigenvalue weighted by Gasteiger charge is 2.22. The molecular weight excluding hydrogens is 176 g/mol. The summed E-state index contributed by atoms with van der Waals surface area (Å²) in [6, 6.07) is 0.250. The first-order valence-corrected chi connectivity index (χ1v) is 5.75. The van der Waals surface area contributed by atoms with Gasteiger partial charge in [0.2, 0.25) is 0 Å². The minimum absolute atomic E-state index is 0.136. The van der Waals surface area contributed by atoms with Crippen molar-refractivity contribution in [1.29, 1.82) is 0 Å². The molecule has 1 aliphatic carbocycles. The second-order valence-corrected chi connectivity index (χ2v) is 4.51. The largest absolute Gasteiger partial charge is 0.337 e. The first kappa shape index (κ1) is 9.51. The first-order chi connectivity index (χ1) is 5.68. The van der Waals surface area contributed by atoms with Gasteiger partial charge in [-0.3, -0.25) is 4.21 Å². The SMILES string of the molecule is CS(=O)CCNC(=O)NC1CC1. The summed E-state index contributed by atoms with van der Waals surface area (Å²) in [6.07, 6.45) is 3.81. The number of rotatable bonds is 4. The van der Waals surface area contributed by atoms with Crippen molar-refractivity contribution < 1.29 is 9.00 Å². The van der Waals surface area contributed by atoms with Gasteiger partial charge < -0.3 is 10.6 Å². The standard InChI is InChI=1S/C7H14N2O2S/c1-12(11)5-4-8-7(10)9-6-2-3-6/h6H,2-5H2,1H3,(H2,8,9,10). The summed E-state index contributed by atoms with van der Waals surface area (Å²) in [4.78, 5) is 11.0. The van der Waals surface area contributed by atoms with E-state index in [1.807, 2.05) is 0 Å². The molecule has 1 atom stereocenters. The monoisotopic (exact) mass is 190 g/mol. The zero-order valence-corrected chi connectivity index (χ0v) is 7.95. The van der Waals surface area contributed by atoms with Gasteiger partial charge in [-0.05, 0) is 12.8 Å². The molecule has 0 aromatic heterocycles. The molecule has 4 nitrogen and oxygen atoms in total. The Morgan fingerprint density at radius 3 is 2.75 bits per heavy atom. The number of hydrogen-bond acceptors (Lipinski definition) is 2. The molecule has 1 unspecified atom stereocenters. The summed E-state index contributed by atoms with van der Waals surface area (Å²) in [5.74, 6) is 0.526. The van der Waals surface area contributed by atoms with Crippen LogP contribution in [0.3, 0.4) is 0 Å². The van der Waals surface area contributed by atoms with Crippen molar-refractivity contribution in [3.63, 3.8) is 0 Å². The summed E-state index contributed by atoms with van der Waals surface area (Å²) in [5.41, 5.74) is 0. The lowest BCUT2D eigenvalue weighted by Crippen LogP contribution is -2.38. The molecule has 0 spiro atoms. The third kappa shape index (κ3) is 4.33. The maximum atomic E-state index is 11.0. The molecule has 0 heterocycles. The van der Waals surface area contributed by atoms with Crippen LogP contribution in [-0.2, 0) is 10.8 Å². The summed E-state index contributed by atoms with van der Waals surface area (Å²) >= 11 is 0. The fourth-order valence-corrected chi connectivity index (χ4v) is 1.16. The number of nitrogens with one attached hydrogen (secondary N) is 2. The van der Waals surface area contributed by atoms with E-state index in [4.69, 9.17) is 0 Å². The van der Waals surface area contributed by atoms with Crippen LogP contribution in [0, 0.1) is 0 Å². The van der Waals surface area contributed by atoms with Gasteiger partial charge in [0.1, 0.15) is 0 Å². The van der Waals surface area contributed by atoms with Crippen molar-refractivity contribution in [1.82, 2.24) is 10.6 Å². The number of carbonyl (C=O) groups excluding carboxylic acids is 1. The highest BCUT2D eigenvalue weighted by Crippen LogP contribution is 2.17. The van der Waals surface area contributed by atoms with Crippen molar-refractivity contribution >= 4 is 16.8 Å². The van der Waals surface area contributed by atoms with Gasteiger partial charge in [-0.25, -0.2) is 4.79 Å². The zero-order valence-electron chi connectivity index (χ0n) is 7.13. The molecule has 0 aliphatic heterocycles. The molecule has 0 bridgehead atoms. The van der Waals surface area contributed by atoms with Crippen LogP contribution in [0.4, 0.5) is 4.79 Å². The van der Waals surface area contributed by atoms with Crippen LogP contribution in [0.2, 0.25) is 0 Å². The molecular formula is C7H14N2O2S. The summed E-state index contributed by atoms with van der Waals surface area (Å²) in [6.45, 7) is 0.488. The first-order valence-electron chi connectivity index (χ1n) is 4.03. The molecule has 2 amide bonds. The van der Waals surface area contributed by atoms with Crippen molar-refractivity contribution in [2.24, 2.45) is 0 Å². The molecule has 0 radical (unpaired) electrons. The van der Waals surface area contributed by atoms with Crippen LogP contribution in [-0.4, -0.2) is 34.8 Å². The smallest absolute Gasteiger partial charge is 0.315 e. The number of hydrogen-bond donors (Lipinski definition) is 2. The Morgan fingerprint density at radius 2 is 2.25 bits per heavy atom. The molecule has 1 saturated carbocycles. The average molecular weight is 190 g/mol. The Labute approximate surface area is 74.6 Å². The van der Waals surface area contributed by atoms with Gasteiger partial charge in [-0.15, -0.1) is 0 Å². The van der Waals surface area contributed by atoms with Gasteiger partial charge >= 0.3 is 6.03 Å². The topological polar surface area (TPSA) is 58.2 Å². The van der Waals surface area contributed by atoms with Gasteiger partial charge in [-0.2, -0.15) is 0 Å². The molecule has 70 valence electrons. The Kier molecular flexibility index (Phi) is 3.52. The van der Waals surface area contributed by atoms with Crippen LogP contribution in [0.5, 0.6) is 0 Å². The quantitative estimate of drug-likeness (QED) is 0.646. The van der Waals surface area contributed by atoms with Crippen molar-refractivity contribution in [3.8, 4) is 0 Å². The zero-order chi connectivity index (χ0) is 8.97. The second-order valence-electron chi connectivity index (χ2n) is 2.95. The summed E-state index contributed by atoms with van der Waals surface area (Å²) in [7, 11) is -0.822. The van der Waals surface area contributed by atoms with E-state index in [0.29, 0.717) is 18.3 Å². The van der Waals surface area contributed by atoms with E-state index >= 15 is 0 Å². The molecule has 0 aromatic rings. The summed E-state index contributed by atoms with van der Waals surface area (Å²) in [5, 5.41) is 5.42. The molecule has 0 saturated heterocycles. The number of carbonyl (C=O) groups is 1. The average Bonchev–Trinajstić information content (AvgIpc) is 2.70. The van der Waals surface area contributed by atoms with E-state index < -0.39 is 10.8 Å².